The van der Waals surface area contributed by atoms with E-state index in [-0.39, 0.29) is 97.5 Å². The van der Waals surface area contributed by atoms with Crippen molar-refractivity contribution in [3.63, 3.8) is 0 Å². The van der Waals surface area contributed by atoms with Crippen LogP contribution in [-0.4, -0.2) is 115 Å². The highest BCUT2D eigenvalue weighted by molar-refractivity contribution is 6.28. The van der Waals surface area contributed by atoms with Crippen molar-refractivity contribution in [2.24, 2.45) is 17.2 Å². The standard InChI is InChI=1S/C38H52N12O9/c39-29(52)19-47-34(57)26(10-6-16-45-37(40)41)49-36(59)28(20-51)50-35(58)27(11-7-17-46-38(42)43)48-30(53)12-2-1-5-15-44-33(56)21-13-14-24-25(18-21)32(55)23-9-4-3-8-22(23)31(24)54/h3-4,8-9,13-14,18,26-28,51H,1-2,5-7,10-12,15-17,19-20H2,(H2,39,52)(H,44,56)(H,47,57)(H,48,53)(H,49,59)(H,50,58)(H4,40,41,45)(H4,42,43,46). The number of rotatable bonds is 24. The van der Waals surface area contributed by atoms with Gasteiger partial charge in [-0.05, 0) is 56.7 Å². The van der Waals surface area contributed by atoms with Crippen LogP contribution in [0.5, 0.6) is 0 Å². The smallest absolute Gasteiger partial charge is 0.251 e. The van der Waals surface area contributed by atoms with E-state index in [1.807, 2.05) is 0 Å². The lowest BCUT2D eigenvalue weighted by Gasteiger charge is -2.24. The molecule has 3 unspecified atom stereocenters. The normalized spacial score (nSPS) is 13.0. The number of nitrogens with two attached hydrogens (primary N) is 3. The SMILES string of the molecule is N=C(N)NCCCC(NC(=O)CCCCCNC(=O)c1ccc2c(c1)C(=O)c1ccccc1C2=O)C(=O)NC(CO)C(=O)NC(CCCNC(=N)N)C(=O)NCC(N)=O. The minimum atomic E-state index is -1.55. The molecule has 0 bridgehead atoms. The number of aliphatic hydroxyl groups is 1. The van der Waals surface area contributed by atoms with E-state index in [9.17, 15) is 43.5 Å². The Morgan fingerprint density at radius 1 is 0.593 bits per heavy atom. The second kappa shape index (κ2) is 23.4. The van der Waals surface area contributed by atoms with E-state index < -0.39 is 66.7 Å². The van der Waals surface area contributed by atoms with Crippen LogP contribution in [0.1, 0.15) is 93.6 Å². The van der Waals surface area contributed by atoms with E-state index in [2.05, 4.69) is 37.2 Å². The van der Waals surface area contributed by atoms with Gasteiger partial charge in [0, 0.05) is 53.9 Å². The zero-order valence-electron chi connectivity index (χ0n) is 32.4. The zero-order chi connectivity index (χ0) is 43.5. The van der Waals surface area contributed by atoms with E-state index in [4.69, 9.17) is 28.0 Å². The maximum absolute atomic E-state index is 13.4. The largest absolute Gasteiger partial charge is 0.394 e. The molecule has 1 aliphatic rings. The number of hydrogen-bond acceptors (Lipinski definition) is 11. The molecule has 0 fully saturated rings. The molecule has 3 rings (SSSR count). The van der Waals surface area contributed by atoms with Gasteiger partial charge in [-0.3, -0.25) is 49.2 Å². The first-order chi connectivity index (χ1) is 28.1. The van der Waals surface area contributed by atoms with Crippen LogP contribution in [0.2, 0.25) is 0 Å². The van der Waals surface area contributed by atoms with Crippen LogP contribution in [0, 0.1) is 10.8 Å². The number of nitrogens with one attached hydrogen (secondary N) is 9. The molecule has 0 radical (unpaired) electrons. The molecule has 3 atom stereocenters. The van der Waals surface area contributed by atoms with Crippen molar-refractivity contribution in [3.8, 4) is 0 Å². The highest BCUT2D eigenvalue weighted by atomic mass is 16.3. The molecule has 1 aliphatic carbocycles. The molecule has 6 amide bonds. The second-order valence-corrected chi connectivity index (χ2v) is 13.6. The molecule has 0 aliphatic heterocycles. The molecule has 59 heavy (non-hydrogen) atoms. The summed E-state index contributed by atoms with van der Waals surface area (Å²) in [5.41, 5.74) is 16.9. The summed E-state index contributed by atoms with van der Waals surface area (Å²) in [4.78, 5) is 102. The number of aliphatic hydroxyl groups excluding tert-OH is 1. The van der Waals surface area contributed by atoms with Gasteiger partial charge < -0.3 is 59.5 Å². The molecule has 0 saturated carbocycles. The first-order valence-corrected chi connectivity index (χ1v) is 19.0. The number of unbranched alkanes of at least 4 members (excludes halogenated alkanes) is 2. The summed E-state index contributed by atoms with van der Waals surface area (Å²) in [5.74, 6) is -5.47. The number of hydrogen-bond donors (Lipinski definition) is 13. The Bertz CT molecular complexity index is 1920. The molecule has 0 spiro atoms. The first-order valence-electron chi connectivity index (χ1n) is 19.0. The molecule has 2 aromatic rings. The fraction of sp³-hybridized carbons (Fsp3) is 0.421. The van der Waals surface area contributed by atoms with Gasteiger partial charge in [-0.25, -0.2) is 0 Å². The molecular formula is C38H52N12O9. The fourth-order valence-electron chi connectivity index (χ4n) is 6.03. The van der Waals surface area contributed by atoms with Gasteiger partial charge in [0.25, 0.3) is 5.91 Å². The summed E-state index contributed by atoms with van der Waals surface area (Å²) >= 11 is 0. The number of carbonyl (C=O) groups is 8. The molecule has 318 valence electrons. The Morgan fingerprint density at radius 2 is 1.12 bits per heavy atom. The average molecular weight is 821 g/mol. The van der Waals surface area contributed by atoms with E-state index in [0.29, 0.717) is 24.8 Å². The summed E-state index contributed by atoms with van der Waals surface area (Å²) in [5, 5.41) is 42.3. The lowest BCUT2D eigenvalue weighted by atomic mass is 9.83. The van der Waals surface area contributed by atoms with Crippen LogP contribution in [0.3, 0.4) is 0 Å². The summed E-state index contributed by atoms with van der Waals surface area (Å²) in [7, 11) is 0. The van der Waals surface area contributed by atoms with Crippen LogP contribution in [0.15, 0.2) is 42.5 Å². The fourth-order valence-corrected chi connectivity index (χ4v) is 6.03. The minimum Gasteiger partial charge on any atom is -0.394 e. The van der Waals surface area contributed by atoms with Crippen LogP contribution in [0.4, 0.5) is 0 Å². The van der Waals surface area contributed by atoms with E-state index in [1.54, 1.807) is 24.3 Å². The predicted octanol–water partition coefficient (Wildman–Crippen LogP) is -2.67. The van der Waals surface area contributed by atoms with E-state index in [1.165, 1.54) is 18.2 Å². The Balaban J connectivity index is 1.52. The van der Waals surface area contributed by atoms with Crippen molar-refractivity contribution in [2.75, 3.05) is 32.8 Å². The van der Waals surface area contributed by atoms with Crippen molar-refractivity contribution < 1.29 is 43.5 Å². The van der Waals surface area contributed by atoms with Crippen LogP contribution in [0.25, 0.3) is 0 Å². The molecule has 16 N–H and O–H groups in total. The van der Waals surface area contributed by atoms with Crippen molar-refractivity contribution in [1.29, 1.82) is 10.8 Å². The molecule has 2 aromatic carbocycles. The van der Waals surface area contributed by atoms with Crippen molar-refractivity contribution in [2.45, 2.75) is 69.5 Å². The summed E-state index contributed by atoms with van der Waals surface area (Å²) < 4.78 is 0. The monoisotopic (exact) mass is 820 g/mol. The second-order valence-electron chi connectivity index (χ2n) is 13.6. The molecule has 0 saturated heterocycles. The Hall–Kier alpha value is -6.90. The Kier molecular flexibility index (Phi) is 18.4. The third-order valence-electron chi connectivity index (χ3n) is 9.06. The topological polar surface area (TPSA) is 367 Å². The highest BCUT2D eigenvalue weighted by Crippen LogP contribution is 2.28. The third-order valence-corrected chi connectivity index (χ3v) is 9.06. The van der Waals surface area contributed by atoms with Gasteiger partial charge in [0.05, 0.1) is 13.2 Å². The van der Waals surface area contributed by atoms with Crippen LogP contribution in [-0.2, 0) is 24.0 Å². The maximum atomic E-state index is 13.4. The molecular weight excluding hydrogens is 768 g/mol. The lowest BCUT2D eigenvalue weighted by Crippen LogP contribution is -2.58. The summed E-state index contributed by atoms with van der Waals surface area (Å²) in [6.45, 7) is -0.744. The molecule has 0 aromatic heterocycles. The zero-order valence-corrected chi connectivity index (χ0v) is 32.4. The number of amides is 6. The number of benzene rings is 2. The summed E-state index contributed by atoms with van der Waals surface area (Å²) in [6.07, 6.45) is 2.01. The molecule has 0 heterocycles. The van der Waals surface area contributed by atoms with Crippen LogP contribution >= 0.6 is 0 Å². The van der Waals surface area contributed by atoms with Crippen LogP contribution < -0.4 is 54.4 Å². The Morgan fingerprint density at radius 3 is 1.69 bits per heavy atom. The average Bonchev–Trinajstić information content (AvgIpc) is 3.20. The Labute approximate surface area is 339 Å². The molecule has 21 heteroatoms. The van der Waals surface area contributed by atoms with Crippen molar-refractivity contribution >= 4 is 58.9 Å². The number of guanidine groups is 2. The van der Waals surface area contributed by atoms with Crippen molar-refractivity contribution in [1.82, 2.24) is 37.2 Å². The first kappa shape index (κ1) is 46.5. The van der Waals surface area contributed by atoms with E-state index >= 15 is 0 Å². The predicted molar refractivity (Wildman–Crippen MR) is 214 cm³/mol. The number of carbonyl (C=O) groups excluding carboxylic acids is 8. The van der Waals surface area contributed by atoms with Crippen molar-refractivity contribution in [3.05, 3.63) is 70.3 Å². The minimum absolute atomic E-state index is 0.0103. The van der Waals surface area contributed by atoms with Gasteiger partial charge in [-0.1, -0.05) is 30.7 Å². The van der Waals surface area contributed by atoms with Gasteiger partial charge in [0.15, 0.2) is 23.5 Å². The number of ketones is 2. The number of fused-ring (bicyclic) bond motifs is 2. The van der Waals surface area contributed by atoms with Gasteiger partial charge in [0.1, 0.15) is 18.1 Å². The molecule has 21 nitrogen and oxygen atoms in total. The quantitative estimate of drug-likeness (QED) is 0.0249. The third kappa shape index (κ3) is 14.8. The van der Waals surface area contributed by atoms with Gasteiger partial charge in [0.2, 0.25) is 29.5 Å². The number of primary amides is 1. The highest BCUT2D eigenvalue weighted by Gasteiger charge is 2.31. The van der Waals surface area contributed by atoms with Gasteiger partial charge in [-0.2, -0.15) is 0 Å². The van der Waals surface area contributed by atoms with Gasteiger partial charge in [-0.15, -0.1) is 0 Å². The maximum Gasteiger partial charge on any atom is 0.251 e. The summed E-state index contributed by atoms with van der Waals surface area (Å²) in [6, 6.07) is 6.93. The van der Waals surface area contributed by atoms with Gasteiger partial charge >= 0.3 is 0 Å². The lowest BCUT2D eigenvalue weighted by molar-refractivity contribution is -0.134. The van der Waals surface area contributed by atoms with E-state index in [0.717, 1.165) is 0 Å².